The molecule has 3 N–H and O–H groups in total. The number of nitrogens with one attached hydrogen (secondary N) is 3. The minimum absolute atomic E-state index is 0.0609. The highest BCUT2D eigenvalue weighted by atomic mass is 16.4. The average molecular weight is 337 g/mol. The molecule has 1 rings (SSSR count). The van der Waals surface area contributed by atoms with Gasteiger partial charge in [0.1, 0.15) is 12.3 Å². The van der Waals surface area contributed by atoms with Crippen molar-refractivity contribution in [1.82, 2.24) is 20.9 Å². The second-order valence-corrected chi connectivity index (χ2v) is 7.72. The van der Waals surface area contributed by atoms with Gasteiger partial charge in [-0.25, -0.2) is 9.98 Å². The molecule has 0 saturated carbocycles. The third kappa shape index (κ3) is 7.48. The van der Waals surface area contributed by atoms with Gasteiger partial charge >= 0.3 is 0 Å². The van der Waals surface area contributed by atoms with Crippen LogP contribution in [0.15, 0.2) is 15.6 Å². The van der Waals surface area contributed by atoms with Crippen molar-refractivity contribution in [3.8, 4) is 0 Å². The number of oxazole rings is 1. The molecule has 1 amide bonds. The van der Waals surface area contributed by atoms with E-state index in [0.717, 1.165) is 5.76 Å². The van der Waals surface area contributed by atoms with Crippen LogP contribution in [0.3, 0.4) is 0 Å². The van der Waals surface area contributed by atoms with Crippen molar-refractivity contribution >= 4 is 11.9 Å². The number of guanidine groups is 1. The van der Waals surface area contributed by atoms with Gasteiger partial charge in [-0.3, -0.25) is 4.79 Å². The van der Waals surface area contributed by atoms with Crippen LogP contribution < -0.4 is 16.0 Å². The van der Waals surface area contributed by atoms with Crippen molar-refractivity contribution in [2.45, 2.75) is 66.0 Å². The molecular formula is C17H31N5O2. The van der Waals surface area contributed by atoms with Crippen molar-refractivity contribution in [1.29, 1.82) is 0 Å². The SMILES string of the molecule is CCNC(=NCC(=O)NC(C)(C)C)NCc1ncc(C(C)(C)C)o1. The Bertz CT molecular complexity index is 564. The largest absolute Gasteiger partial charge is 0.443 e. The minimum Gasteiger partial charge on any atom is -0.443 e. The lowest BCUT2D eigenvalue weighted by atomic mass is 9.94. The second-order valence-electron chi connectivity index (χ2n) is 7.72. The fourth-order valence-electron chi connectivity index (χ4n) is 1.85. The van der Waals surface area contributed by atoms with Gasteiger partial charge < -0.3 is 20.4 Å². The van der Waals surface area contributed by atoms with Crippen LogP contribution in [-0.2, 0) is 16.8 Å². The molecule has 0 fully saturated rings. The van der Waals surface area contributed by atoms with Crippen molar-refractivity contribution in [2.75, 3.05) is 13.1 Å². The zero-order chi connectivity index (χ0) is 18.4. The summed E-state index contributed by atoms with van der Waals surface area (Å²) in [6, 6.07) is 0. The molecule has 0 bridgehead atoms. The van der Waals surface area contributed by atoms with Gasteiger partial charge in [-0.15, -0.1) is 0 Å². The van der Waals surface area contributed by atoms with E-state index in [4.69, 9.17) is 4.42 Å². The van der Waals surface area contributed by atoms with Crippen molar-refractivity contribution in [3.05, 3.63) is 17.8 Å². The normalized spacial score (nSPS) is 12.9. The van der Waals surface area contributed by atoms with E-state index in [2.05, 4.69) is 46.7 Å². The highest BCUT2D eigenvalue weighted by Crippen LogP contribution is 2.22. The maximum absolute atomic E-state index is 11.9. The van der Waals surface area contributed by atoms with Gasteiger partial charge in [-0.2, -0.15) is 0 Å². The number of aliphatic imine (C=N–C) groups is 1. The second kappa shape index (κ2) is 8.17. The molecule has 0 aliphatic carbocycles. The number of rotatable bonds is 5. The van der Waals surface area contributed by atoms with Gasteiger partial charge in [0.25, 0.3) is 0 Å². The van der Waals surface area contributed by atoms with E-state index < -0.39 is 0 Å². The lowest BCUT2D eigenvalue weighted by molar-refractivity contribution is -0.121. The zero-order valence-corrected chi connectivity index (χ0v) is 15.9. The first-order chi connectivity index (χ1) is 11.0. The van der Waals surface area contributed by atoms with Crippen LogP contribution in [0, 0.1) is 0 Å². The maximum Gasteiger partial charge on any atom is 0.242 e. The smallest absolute Gasteiger partial charge is 0.242 e. The Balaban J connectivity index is 2.61. The molecule has 136 valence electrons. The van der Waals surface area contributed by atoms with E-state index in [9.17, 15) is 4.79 Å². The minimum atomic E-state index is -0.264. The van der Waals surface area contributed by atoms with Crippen LogP contribution in [0.25, 0.3) is 0 Å². The topological polar surface area (TPSA) is 91.5 Å². The molecule has 0 spiro atoms. The summed E-state index contributed by atoms with van der Waals surface area (Å²) in [6.07, 6.45) is 1.75. The summed E-state index contributed by atoms with van der Waals surface area (Å²) in [4.78, 5) is 20.4. The first kappa shape index (κ1) is 20.0. The fourth-order valence-corrected chi connectivity index (χ4v) is 1.85. The summed E-state index contributed by atoms with van der Waals surface area (Å²) in [5.41, 5.74) is -0.339. The number of carbonyl (C=O) groups is 1. The van der Waals surface area contributed by atoms with E-state index in [0.29, 0.717) is 24.9 Å². The molecule has 7 nitrogen and oxygen atoms in total. The summed E-state index contributed by atoms with van der Waals surface area (Å²) < 4.78 is 5.73. The van der Waals surface area contributed by atoms with E-state index in [-0.39, 0.29) is 23.4 Å². The molecule has 0 radical (unpaired) electrons. The Kier molecular flexibility index (Phi) is 6.81. The third-order valence-corrected chi connectivity index (χ3v) is 2.94. The summed E-state index contributed by atoms with van der Waals surface area (Å²) >= 11 is 0. The van der Waals surface area contributed by atoms with Crippen LogP contribution in [0.5, 0.6) is 0 Å². The number of nitrogens with zero attached hydrogens (tertiary/aromatic N) is 2. The van der Waals surface area contributed by atoms with Gasteiger partial charge in [-0.05, 0) is 27.7 Å². The molecule has 1 heterocycles. The molecule has 0 aromatic carbocycles. The molecule has 0 unspecified atom stereocenters. The average Bonchev–Trinajstić information content (AvgIpc) is 2.89. The molecule has 1 aromatic rings. The van der Waals surface area contributed by atoms with Gasteiger partial charge in [0.2, 0.25) is 11.8 Å². The molecule has 1 aromatic heterocycles. The molecule has 0 aliphatic heterocycles. The summed E-state index contributed by atoms with van der Waals surface area (Å²) in [5.74, 6) is 1.86. The van der Waals surface area contributed by atoms with Gasteiger partial charge in [0.15, 0.2) is 5.96 Å². The highest BCUT2D eigenvalue weighted by molar-refractivity contribution is 5.85. The molecule has 7 heteroatoms. The summed E-state index contributed by atoms with van der Waals surface area (Å²) in [6.45, 7) is 15.2. The lowest BCUT2D eigenvalue weighted by Gasteiger charge is -2.20. The van der Waals surface area contributed by atoms with E-state index >= 15 is 0 Å². The number of hydrogen-bond acceptors (Lipinski definition) is 4. The predicted molar refractivity (Wildman–Crippen MR) is 95.9 cm³/mol. The number of hydrogen-bond donors (Lipinski definition) is 3. The zero-order valence-electron chi connectivity index (χ0n) is 15.9. The number of carbonyl (C=O) groups excluding carboxylic acids is 1. The predicted octanol–water partition coefficient (Wildman–Crippen LogP) is 1.94. The van der Waals surface area contributed by atoms with Crippen molar-refractivity contribution in [3.63, 3.8) is 0 Å². The molecule has 0 aliphatic rings. The van der Waals surface area contributed by atoms with Crippen LogP contribution in [0.1, 0.15) is 60.1 Å². The monoisotopic (exact) mass is 337 g/mol. The quantitative estimate of drug-likeness (QED) is 0.564. The Morgan fingerprint density at radius 3 is 2.38 bits per heavy atom. The lowest BCUT2D eigenvalue weighted by Crippen LogP contribution is -2.43. The van der Waals surface area contributed by atoms with Crippen LogP contribution in [0.4, 0.5) is 0 Å². The fraction of sp³-hybridized carbons (Fsp3) is 0.706. The van der Waals surface area contributed by atoms with E-state index in [1.54, 1.807) is 6.20 Å². The van der Waals surface area contributed by atoms with Crippen LogP contribution in [-0.4, -0.2) is 35.5 Å². The van der Waals surface area contributed by atoms with E-state index in [1.165, 1.54) is 0 Å². The van der Waals surface area contributed by atoms with Crippen LogP contribution >= 0.6 is 0 Å². The Morgan fingerprint density at radius 2 is 1.88 bits per heavy atom. The summed E-state index contributed by atoms with van der Waals surface area (Å²) in [7, 11) is 0. The first-order valence-electron chi connectivity index (χ1n) is 8.29. The molecular weight excluding hydrogens is 306 g/mol. The first-order valence-corrected chi connectivity index (χ1v) is 8.29. The molecule has 0 saturated heterocycles. The number of amides is 1. The Morgan fingerprint density at radius 1 is 1.21 bits per heavy atom. The Hall–Kier alpha value is -2.05. The highest BCUT2D eigenvalue weighted by Gasteiger charge is 2.19. The summed E-state index contributed by atoms with van der Waals surface area (Å²) in [5, 5.41) is 9.10. The van der Waals surface area contributed by atoms with E-state index in [1.807, 2.05) is 27.7 Å². The third-order valence-electron chi connectivity index (χ3n) is 2.94. The standard InChI is InChI=1S/C17H31N5O2/c1-8-18-15(20-10-13(23)22-17(5,6)7)21-11-14-19-9-12(24-14)16(2,3)4/h9H,8,10-11H2,1-7H3,(H,22,23)(H2,18,20,21). The van der Waals surface area contributed by atoms with Gasteiger partial charge in [0, 0.05) is 17.5 Å². The van der Waals surface area contributed by atoms with Gasteiger partial charge in [-0.1, -0.05) is 20.8 Å². The Labute approximate surface area is 144 Å². The maximum atomic E-state index is 11.9. The van der Waals surface area contributed by atoms with Crippen LogP contribution in [0.2, 0.25) is 0 Å². The molecule has 0 atom stereocenters. The number of aromatic nitrogens is 1. The van der Waals surface area contributed by atoms with Gasteiger partial charge in [0.05, 0.1) is 12.7 Å². The van der Waals surface area contributed by atoms with Crippen molar-refractivity contribution < 1.29 is 9.21 Å². The van der Waals surface area contributed by atoms with Crippen molar-refractivity contribution in [2.24, 2.45) is 4.99 Å². The molecule has 24 heavy (non-hydrogen) atoms.